The number of hydrogen-bond donors (Lipinski definition) is 0. The molecule has 0 saturated carbocycles. The molecule has 0 fully saturated rings. The lowest BCUT2D eigenvalue weighted by Gasteiger charge is -2.18. The van der Waals surface area contributed by atoms with Gasteiger partial charge in [-0.15, -0.1) is 0 Å². The Morgan fingerprint density at radius 2 is 1.73 bits per heavy atom. The van der Waals surface area contributed by atoms with Gasteiger partial charge in [0.05, 0.1) is 12.5 Å². The van der Waals surface area contributed by atoms with Crippen molar-refractivity contribution in [3.63, 3.8) is 0 Å². The number of halogens is 2. The van der Waals surface area contributed by atoms with Crippen molar-refractivity contribution in [3.05, 3.63) is 58.8 Å². The van der Waals surface area contributed by atoms with Gasteiger partial charge in [0.1, 0.15) is 22.8 Å². The van der Waals surface area contributed by atoms with Crippen molar-refractivity contribution in [2.75, 3.05) is 7.11 Å². The first-order valence-corrected chi connectivity index (χ1v) is 7.31. The number of hydrogen-bond acceptors (Lipinski definition) is 6. The van der Waals surface area contributed by atoms with E-state index in [0.717, 1.165) is 12.1 Å². The van der Waals surface area contributed by atoms with Crippen LogP contribution in [0.5, 0.6) is 11.5 Å². The maximum Gasteiger partial charge on any atom is 0.441 e. The molecular formula is C18H11F2O6-. The van der Waals surface area contributed by atoms with Gasteiger partial charge in [0.2, 0.25) is 0 Å². The Morgan fingerprint density at radius 1 is 1.08 bits per heavy atom. The predicted molar refractivity (Wildman–Crippen MR) is 85.1 cm³/mol. The van der Waals surface area contributed by atoms with E-state index >= 15 is 0 Å². The largest absolute Gasteiger partial charge is 0.541 e. The summed E-state index contributed by atoms with van der Waals surface area (Å²) in [6.07, 6.45) is -4.51. The monoisotopic (exact) mass is 361 g/mol. The fourth-order valence-electron chi connectivity index (χ4n) is 2.29. The Morgan fingerprint density at radius 3 is 2.35 bits per heavy atom. The van der Waals surface area contributed by atoms with E-state index in [0.29, 0.717) is 11.3 Å². The summed E-state index contributed by atoms with van der Waals surface area (Å²) in [5, 5.41) is 10.5. The van der Waals surface area contributed by atoms with Gasteiger partial charge in [-0.2, -0.15) is 8.78 Å². The van der Waals surface area contributed by atoms with E-state index in [9.17, 15) is 23.5 Å². The Balaban J connectivity index is 2.05. The molecule has 0 spiro atoms. The van der Waals surface area contributed by atoms with E-state index in [1.165, 1.54) is 19.2 Å². The highest BCUT2D eigenvalue weighted by atomic mass is 19.3. The second kappa shape index (κ2) is 6.47. The molecule has 3 rings (SSSR count). The number of carboxylic acid groups (broad SMARTS) is 1. The number of fused-ring (bicyclic) bond motifs is 1. The van der Waals surface area contributed by atoms with Crippen LogP contribution in [0.25, 0.3) is 22.3 Å². The smallest absolute Gasteiger partial charge is 0.441 e. The van der Waals surface area contributed by atoms with Crippen molar-refractivity contribution in [2.24, 2.45) is 0 Å². The lowest BCUT2D eigenvalue weighted by molar-refractivity contribution is -0.350. The Bertz CT molecular complexity index is 1020. The number of benzene rings is 2. The Hall–Kier alpha value is -3.42. The van der Waals surface area contributed by atoms with Crippen LogP contribution in [0.4, 0.5) is 8.78 Å². The van der Waals surface area contributed by atoms with E-state index < -0.39 is 23.3 Å². The molecule has 8 heteroatoms. The summed E-state index contributed by atoms with van der Waals surface area (Å²) in [5.74, 6) is -2.35. The lowest BCUT2D eigenvalue weighted by Crippen LogP contribution is -2.45. The molecule has 2 aromatic carbocycles. The van der Waals surface area contributed by atoms with Gasteiger partial charge in [0.15, 0.2) is 11.4 Å². The fourth-order valence-corrected chi connectivity index (χ4v) is 2.29. The van der Waals surface area contributed by atoms with Crippen molar-refractivity contribution in [1.29, 1.82) is 0 Å². The van der Waals surface area contributed by atoms with Crippen molar-refractivity contribution in [2.45, 2.75) is 6.11 Å². The first-order chi connectivity index (χ1) is 12.3. The highest BCUT2D eigenvalue weighted by molar-refractivity contribution is 5.80. The maximum atomic E-state index is 13.1. The minimum Gasteiger partial charge on any atom is -0.541 e. The number of carbonyl (C=O) groups excluding carboxylic acids is 1. The second-order valence-corrected chi connectivity index (χ2v) is 5.27. The van der Waals surface area contributed by atoms with Gasteiger partial charge in [-0.3, -0.25) is 4.79 Å². The summed E-state index contributed by atoms with van der Waals surface area (Å²) in [7, 11) is 1.51. The zero-order valence-electron chi connectivity index (χ0n) is 13.3. The highest BCUT2D eigenvalue weighted by Crippen LogP contribution is 2.28. The van der Waals surface area contributed by atoms with Crippen LogP contribution >= 0.6 is 0 Å². The van der Waals surface area contributed by atoms with Gasteiger partial charge in [-0.05, 0) is 36.4 Å². The second-order valence-electron chi connectivity index (χ2n) is 5.27. The van der Waals surface area contributed by atoms with E-state index in [1.807, 2.05) is 0 Å². The lowest BCUT2D eigenvalue weighted by atomic mass is 10.1. The third kappa shape index (κ3) is 3.34. The molecule has 0 N–H and O–H groups in total. The fraction of sp³-hybridized carbons (Fsp3) is 0.111. The number of carbonyl (C=O) groups is 1. The third-order valence-electron chi connectivity index (χ3n) is 3.56. The Labute approximate surface area is 145 Å². The summed E-state index contributed by atoms with van der Waals surface area (Å²) in [6, 6.07) is 11.2. The first-order valence-electron chi connectivity index (χ1n) is 7.31. The van der Waals surface area contributed by atoms with Gasteiger partial charge in [0.25, 0.3) is 0 Å². The molecule has 0 aliphatic heterocycles. The van der Waals surface area contributed by atoms with Gasteiger partial charge >= 0.3 is 6.11 Å². The molecule has 134 valence electrons. The van der Waals surface area contributed by atoms with Crippen LogP contribution < -0.4 is 20.0 Å². The summed E-state index contributed by atoms with van der Waals surface area (Å²) in [6.45, 7) is 0. The van der Waals surface area contributed by atoms with Gasteiger partial charge in [0, 0.05) is 17.7 Å². The molecule has 0 unspecified atom stereocenters. The van der Waals surface area contributed by atoms with E-state index in [-0.39, 0.29) is 16.7 Å². The standard InChI is InChI=1S/C18H12F2O6/c1-24-11-4-2-10(3-5-11)15-9-14(21)13-7-6-12(8-16(13)25-15)26-18(19,20)17(22)23/h2-9H,1H3,(H,22,23)/p-1. The van der Waals surface area contributed by atoms with Crippen LogP contribution in [0.3, 0.4) is 0 Å². The highest BCUT2D eigenvalue weighted by Gasteiger charge is 2.34. The third-order valence-corrected chi connectivity index (χ3v) is 3.56. The summed E-state index contributed by atoms with van der Waals surface area (Å²) in [5.41, 5.74) is 0.140. The number of carboxylic acids is 1. The van der Waals surface area contributed by atoms with Crippen LogP contribution in [0.2, 0.25) is 0 Å². The number of methoxy groups -OCH3 is 1. The molecule has 0 bridgehead atoms. The number of aliphatic carboxylic acids is 1. The molecule has 1 aromatic heterocycles. The molecule has 0 atom stereocenters. The van der Waals surface area contributed by atoms with Gasteiger partial charge in [-0.1, -0.05) is 0 Å². The molecular weight excluding hydrogens is 350 g/mol. The predicted octanol–water partition coefficient (Wildman–Crippen LogP) is 2.19. The maximum absolute atomic E-state index is 13.1. The van der Waals surface area contributed by atoms with Crippen LogP contribution in [0, 0.1) is 0 Å². The molecule has 0 amide bonds. The molecule has 26 heavy (non-hydrogen) atoms. The minimum absolute atomic E-state index is 0.0324. The molecule has 1 heterocycles. The van der Waals surface area contributed by atoms with Crippen LogP contribution in [0.1, 0.15) is 0 Å². The summed E-state index contributed by atoms with van der Waals surface area (Å²) in [4.78, 5) is 22.6. The quantitative estimate of drug-likeness (QED) is 0.692. The average molecular weight is 361 g/mol. The molecule has 0 saturated heterocycles. The molecule has 0 aliphatic carbocycles. The van der Waals surface area contributed by atoms with Crippen molar-refractivity contribution in [3.8, 4) is 22.8 Å². The normalized spacial score (nSPS) is 11.3. The number of rotatable bonds is 5. The minimum atomic E-state index is -4.51. The SMILES string of the molecule is COc1ccc(-c2cc(=O)c3ccc(OC(F)(F)C(=O)[O-])cc3o2)cc1. The number of alkyl halides is 2. The number of ether oxygens (including phenoxy) is 2. The van der Waals surface area contributed by atoms with Crippen LogP contribution in [0.15, 0.2) is 57.7 Å². The summed E-state index contributed by atoms with van der Waals surface area (Å²) < 4.78 is 41.0. The molecule has 6 nitrogen and oxygen atoms in total. The molecule has 3 aromatic rings. The van der Waals surface area contributed by atoms with Gasteiger partial charge in [-0.25, -0.2) is 0 Å². The molecule has 0 aliphatic rings. The Kier molecular flexibility index (Phi) is 4.33. The zero-order valence-corrected chi connectivity index (χ0v) is 13.3. The molecule has 0 radical (unpaired) electrons. The van der Waals surface area contributed by atoms with Crippen LogP contribution in [-0.4, -0.2) is 19.2 Å². The van der Waals surface area contributed by atoms with Crippen molar-refractivity contribution >= 4 is 16.9 Å². The van der Waals surface area contributed by atoms with E-state index in [1.54, 1.807) is 24.3 Å². The first kappa shape index (κ1) is 17.4. The van der Waals surface area contributed by atoms with Crippen molar-refractivity contribution in [1.82, 2.24) is 0 Å². The topological polar surface area (TPSA) is 88.8 Å². The van der Waals surface area contributed by atoms with E-state index in [4.69, 9.17) is 9.15 Å². The zero-order chi connectivity index (χ0) is 18.9. The van der Waals surface area contributed by atoms with Crippen LogP contribution in [-0.2, 0) is 4.79 Å². The van der Waals surface area contributed by atoms with Gasteiger partial charge < -0.3 is 23.8 Å². The van der Waals surface area contributed by atoms with Crippen molar-refractivity contribution < 1.29 is 32.6 Å². The average Bonchev–Trinajstić information content (AvgIpc) is 2.61. The van der Waals surface area contributed by atoms with E-state index in [2.05, 4.69) is 4.74 Å². The summed E-state index contributed by atoms with van der Waals surface area (Å²) >= 11 is 0.